The van der Waals surface area contributed by atoms with E-state index in [4.69, 9.17) is 4.74 Å². The third-order valence-corrected chi connectivity index (χ3v) is 3.06. The van der Waals surface area contributed by atoms with Gasteiger partial charge in [-0.15, -0.1) is 10.2 Å². The number of hydrogen-bond donors (Lipinski definition) is 2. The zero-order valence-corrected chi connectivity index (χ0v) is 11.8. The van der Waals surface area contributed by atoms with Crippen LogP contribution < -0.4 is 10.1 Å². The lowest BCUT2D eigenvalue weighted by atomic mass is 10.2. The van der Waals surface area contributed by atoms with Gasteiger partial charge in [0.1, 0.15) is 0 Å². The minimum Gasteiger partial charge on any atom is -0.503 e. The number of aromatic hydroxyl groups is 1. The van der Waals surface area contributed by atoms with Crippen molar-refractivity contribution in [3.63, 3.8) is 0 Å². The Morgan fingerprint density at radius 1 is 1.14 bits per heavy atom. The van der Waals surface area contributed by atoms with Gasteiger partial charge in [0.25, 0.3) is 5.88 Å². The molecule has 6 nitrogen and oxygen atoms in total. The standard InChI is InChI=1S/C16H13N3O3/c1-10-5-4-6-11(9-10)17-16(21)22-15-14(20)12-7-2-3-8-13(12)18-19-15/h2-9H,1H3,(H,17,21)(H,18,20). The van der Waals surface area contributed by atoms with E-state index >= 15 is 0 Å². The molecule has 0 spiro atoms. The molecular weight excluding hydrogens is 282 g/mol. The van der Waals surface area contributed by atoms with E-state index in [0.29, 0.717) is 16.6 Å². The van der Waals surface area contributed by atoms with E-state index in [-0.39, 0.29) is 11.6 Å². The van der Waals surface area contributed by atoms with E-state index in [1.807, 2.05) is 19.1 Å². The second kappa shape index (κ2) is 5.69. The smallest absolute Gasteiger partial charge is 0.418 e. The van der Waals surface area contributed by atoms with E-state index in [1.54, 1.807) is 36.4 Å². The van der Waals surface area contributed by atoms with Gasteiger partial charge in [0.2, 0.25) is 0 Å². The maximum Gasteiger partial charge on any atom is 0.418 e. The summed E-state index contributed by atoms with van der Waals surface area (Å²) < 4.78 is 5.02. The summed E-state index contributed by atoms with van der Waals surface area (Å²) >= 11 is 0. The van der Waals surface area contributed by atoms with Crippen LogP contribution in [0.15, 0.2) is 48.5 Å². The normalized spacial score (nSPS) is 10.4. The van der Waals surface area contributed by atoms with Crippen molar-refractivity contribution in [2.24, 2.45) is 0 Å². The largest absolute Gasteiger partial charge is 0.503 e. The maximum atomic E-state index is 11.9. The van der Waals surface area contributed by atoms with Crippen LogP contribution in [0.3, 0.4) is 0 Å². The second-order valence-corrected chi connectivity index (χ2v) is 4.75. The molecule has 0 saturated carbocycles. The molecule has 0 bridgehead atoms. The first-order valence-electron chi connectivity index (χ1n) is 6.63. The minimum absolute atomic E-state index is 0.218. The van der Waals surface area contributed by atoms with Crippen LogP contribution in [0.4, 0.5) is 10.5 Å². The lowest BCUT2D eigenvalue weighted by Crippen LogP contribution is -2.17. The summed E-state index contributed by atoms with van der Waals surface area (Å²) in [5, 5.41) is 20.8. The van der Waals surface area contributed by atoms with E-state index in [2.05, 4.69) is 15.5 Å². The molecule has 0 unspecified atom stereocenters. The number of carbonyl (C=O) groups is 1. The predicted octanol–water partition coefficient (Wildman–Crippen LogP) is 3.25. The number of fused-ring (bicyclic) bond motifs is 1. The van der Waals surface area contributed by atoms with Crippen LogP contribution in [0.25, 0.3) is 10.9 Å². The van der Waals surface area contributed by atoms with Crippen LogP contribution in [0.5, 0.6) is 11.6 Å². The first-order valence-corrected chi connectivity index (χ1v) is 6.63. The summed E-state index contributed by atoms with van der Waals surface area (Å²) in [5.74, 6) is -0.450. The number of nitrogens with zero attached hydrogens (tertiary/aromatic N) is 2. The van der Waals surface area contributed by atoms with Gasteiger partial charge in [-0.05, 0) is 36.8 Å². The lowest BCUT2D eigenvalue weighted by molar-refractivity contribution is 0.210. The topological polar surface area (TPSA) is 84.3 Å². The summed E-state index contributed by atoms with van der Waals surface area (Å²) in [6.07, 6.45) is -0.745. The fourth-order valence-electron chi connectivity index (χ4n) is 2.05. The molecule has 1 heterocycles. The molecular formula is C16H13N3O3. The van der Waals surface area contributed by atoms with Crippen molar-refractivity contribution in [3.05, 3.63) is 54.1 Å². The van der Waals surface area contributed by atoms with Gasteiger partial charge in [-0.25, -0.2) is 4.79 Å². The fourth-order valence-corrected chi connectivity index (χ4v) is 2.05. The van der Waals surface area contributed by atoms with Crippen molar-refractivity contribution < 1.29 is 14.6 Å². The molecule has 0 fully saturated rings. The van der Waals surface area contributed by atoms with Crippen LogP contribution in [0, 0.1) is 6.92 Å². The highest BCUT2D eigenvalue weighted by Crippen LogP contribution is 2.30. The van der Waals surface area contributed by atoms with Gasteiger partial charge in [-0.3, -0.25) is 5.32 Å². The highest BCUT2D eigenvalue weighted by Gasteiger charge is 2.14. The number of ether oxygens (including phenoxy) is 1. The number of hydrogen-bond acceptors (Lipinski definition) is 5. The average molecular weight is 295 g/mol. The molecule has 0 aliphatic carbocycles. The van der Waals surface area contributed by atoms with Crippen molar-refractivity contribution in [1.29, 1.82) is 0 Å². The van der Waals surface area contributed by atoms with Crippen LogP contribution in [0.2, 0.25) is 0 Å². The van der Waals surface area contributed by atoms with Crippen molar-refractivity contribution in [1.82, 2.24) is 10.2 Å². The van der Waals surface area contributed by atoms with Gasteiger partial charge < -0.3 is 9.84 Å². The molecule has 1 aromatic heterocycles. The third kappa shape index (κ3) is 2.80. The molecule has 0 atom stereocenters. The predicted molar refractivity (Wildman–Crippen MR) is 82.0 cm³/mol. The Bertz CT molecular complexity index is 849. The van der Waals surface area contributed by atoms with Crippen molar-refractivity contribution in [3.8, 4) is 11.6 Å². The Labute approximate surface area is 126 Å². The van der Waals surface area contributed by atoms with E-state index in [1.165, 1.54) is 0 Å². The first kappa shape index (κ1) is 13.8. The fraction of sp³-hybridized carbons (Fsp3) is 0.0625. The summed E-state index contributed by atoms with van der Waals surface area (Å²) in [5.41, 5.74) is 2.12. The van der Waals surface area contributed by atoms with Crippen LogP contribution in [-0.4, -0.2) is 21.4 Å². The summed E-state index contributed by atoms with van der Waals surface area (Å²) in [6.45, 7) is 1.91. The molecule has 22 heavy (non-hydrogen) atoms. The molecule has 2 aromatic carbocycles. The number of rotatable bonds is 2. The number of carbonyl (C=O) groups excluding carboxylic acids is 1. The van der Waals surface area contributed by atoms with E-state index < -0.39 is 6.09 Å². The van der Waals surface area contributed by atoms with Crippen molar-refractivity contribution >= 4 is 22.7 Å². The Morgan fingerprint density at radius 3 is 2.77 bits per heavy atom. The van der Waals surface area contributed by atoms with Gasteiger partial charge in [0.15, 0.2) is 5.75 Å². The van der Waals surface area contributed by atoms with Crippen molar-refractivity contribution in [2.45, 2.75) is 6.92 Å². The lowest BCUT2D eigenvalue weighted by Gasteiger charge is -2.08. The molecule has 6 heteroatoms. The Kier molecular flexibility index (Phi) is 3.57. The zero-order chi connectivity index (χ0) is 15.5. The highest BCUT2D eigenvalue weighted by molar-refractivity contribution is 5.89. The molecule has 3 aromatic rings. The molecule has 110 valence electrons. The quantitative estimate of drug-likeness (QED) is 0.758. The Balaban J connectivity index is 1.81. The van der Waals surface area contributed by atoms with Gasteiger partial charge in [0.05, 0.1) is 5.52 Å². The SMILES string of the molecule is Cc1cccc(NC(=O)Oc2nnc3ccccc3c2O)c1. The molecule has 3 rings (SSSR count). The molecule has 0 saturated heterocycles. The zero-order valence-electron chi connectivity index (χ0n) is 11.8. The van der Waals surface area contributed by atoms with Gasteiger partial charge in [-0.1, -0.05) is 24.3 Å². The van der Waals surface area contributed by atoms with Crippen LogP contribution >= 0.6 is 0 Å². The number of nitrogens with one attached hydrogen (secondary N) is 1. The van der Waals surface area contributed by atoms with Crippen LogP contribution in [0.1, 0.15) is 5.56 Å². The average Bonchev–Trinajstić information content (AvgIpc) is 2.50. The van der Waals surface area contributed by atoms with E-state index in [0.717, 1.165) is 5.56 Å². The number of benzene rings is 2. The van der Waals surface area contributed by atoms with Crippen LogP contribution in [-0.2, 0) is 0 Å². The Hall–Kier alpha value is -3.15. The van der Waals surface area contributed by atoms with Gasteiger partial charge in [0, 0.05) is 11.1 Å². The second-order valence-electron chi connectivity index (χ2n) is 4.75. The van der Waals surface area contributed by atoms with E-state index in [9.17, 15) is 9.90 Å². The third-order valence-electron chi connectivity index (χ3n) is 3.06. The molecule has 0 radical (unpaired) electrons. The van der Waals surface area contributed by atoms with Gasteiger partial charge in [-0.2, -0.15) is 0 Å². The Morgan fingerprint density at radius 2 is 1.95 bits per heavy atom. The number of aryl methyl sites for hydroxylation is 1. The number of amides is 1. The minimum atomic E-state index is -0.745. The first-order chi connectivity index (χ1) is 10.6. The summed E-state index contributed by atoms with van der Waals surface area (Å²) in [6, 6.07) is 14.2. The summed E-state index contributed by atoms with van der Waals surface area (Å²) in [4.78, 5) is 11.9. The van der Waals surface area contributed by atoms with Crippen molar-refractivity contribution in [2.75, 3.05) is 5.32 Å². The molecule has 0 aliphatic heterocycles. The maximum absolute atomic E-state index is 11.9. The monoisotopic (exact) mass is 295 g/mol. The highest BCUT2D eigenvalue weighted by atomic mass is 16.6. The summed E-state index contributed by atoms with van der Waals surface area (Å²) in [7, 11) is 0. The number of aromatic nitrogens is 2. The van der Waals surface area contributed by atoms with Gasteiger partial charge >= 0.3 is 6.09 Å². The number of anilines is 1. The molecule has 0 aliphatic rings. The molecule has 2 N–H and O–H groups in total. The molecule has 1 amide bonds.